The summed E-state index contributed by atoms with van der Waals surface area (Å²) in [6.45, 7) is 5.26. The molecule has 1 amide bonds. The Hall–Kier alpha value is -3.14. The number of rotatable bonds is 7. The van der Waals surface area contributed by atoms with Gasteiger partial charge in [0.15, 0.2) is 5.82 Å². The van der Waals surface area contributed by atoms with Crippen LogP contribution in [0.1, 0.15) is 11.1 Å². The summed E-state index contributed by atoms with van der Waals surface area (Å²) in [5.74, 6) is -0.764. The zero-order valence-corrected chi connectivity index (χ0v) is 19.8. The Kier molecular flexibility index (Phi) is 6.40. The first-order chi connectivity index (χ1) is 16.5. The van der Waals surface area contributed by atoms with Crippen LogP contribution >= 0.6 is 11.9 Å². The molecule has 0 saturated carbocycles. The van der Waals surface area contributed by atoms with E-state index in [1.165, 1.54) is 4.31 Å². The van der Waals surface area contributed by atoms with Crippen LogP contribution in [-0.2, 0) is 22.6 Å². The van der Waals surface area contributed by atoms with Crippen molar-refractivity contribution in [2.24, 2.45) is 0 Å². The van der Waals surface area contributed by atoms with E-state index in [0.29, 0.717) is 10.8 Å². The quantitative estimate of drug-likeness (QED) is 0.487. The fourth-order valence-electron chi connectivity index (χ4n) is 4.06. The van der Waals surface area contributed by atoms with Crippen LogP contribution in [0.25, 0.3) is 16.3 Å². The average Bonchev–Trinajstić information content (AvgIpc) is 3.44. The fourth-order valence-corrected chi connectivity index (χ4v) is 5.58. The summed E-state index contributed by atoms with van der Waals surface area (Å²) >= 11 is -0.340. The smallest absolute Gasteiger partial charge is 0.253 e. The second kappa shape index (κ2) is 9.61. The first-order valence-electron chi connectivity index (χ1n) is 10.7. The van der Waals surface area contributed by atoms with E-state index in [1.54, 1.807) is 29.5 Å². The van der Waals surface area contributed by atoms with E-state index >= 15 is 4.39 Å². The summed E-state index contributed by atoms with van der Waals surface area (Å²) in [5.41, 5.74) is 2.94. The van der Waals surface area contributed by atoms with E-state index in [1.807, 2.05) is 42.5 Å². The zero-order valence-electron chi connectivity index (χ0n) is 18.2. The van der Waals surface area contributed by atoms with E-state index in [0.717, 1.165) is 29.8 Å². The average molecular weight is 496 g/mol. The lowest BCUT2D eigenvalue weighted by Gasteiger charge is -2.21. The van der Waals surface area contributed by atoms with E-state index in [2.05, 4.69) is 21.7 Å². The Bertz CT molecular complexity index is 1330. The molecule has 0 spiro atoms. The van der Waals surface area contributed by atoms with E-state index < -0.39 is 22.9 Å². The van der Waals surface area contributed by atoms with Gasteiger partial charge in [-0.05, 0) is 39.6 Å². The van der Waals surface area contributed by atoms with Crippen molar-refractivity contribution in [3.05, 3.63) is 89.6 Å². The monoisotopic (exact) mass is 495 g/mol. The molecule has 3 aromatic carbocycles. The second-order valence-electron chi connectivity index (χ2n) is 7.88. The number of hydrogen-bond donors (Lipinski definition) is 1. The topological polar surface area (TPSA) is 61.9 Å². The molecule has 1 atom stereocenters. The van der Waals surface area contributed by atoms with Crippen molar-refractivity contribution in [2.75, 3.05) is 23.9 Å². The van der Waals surface area contributed by atoms with Gasteiger partial charge in [0.25, 0.3) is 5.91 Å². The second-order valence-corrected chi connectivity index (χ2v) is 10.1. The van der Waals surface area contributed by atoms with Crippen molar-refractivity contribution in [3.63, 3.8) is 0 Å². The maximum Gasteiger partial charge on any atom is 0.253 e. The molecular weight excluding hydrogens is 473 g/mol. The number of ether oxygens (including phenoxy) is 1. The fraction of sp³-hybridized carbons (Fsp3) is 0.160. The molecule has 2 aliphatic rings. The molecule has 5 rings (SSSR count). The molecule has 1 saturated heterocycles. The van der Waals surface area contributed by atoms with E-state index in [-0.39, 0.29) is 24.6 Å². The van der Waals surface area contributed by atoms with Crippen LogP contribution in [0.15, 0.2) is 72.7 Å². The highest BCUT2D eigenvalue weighted by molar-refractivity contribution is 7.99. The van der Waals surface area contributed by atoms with Crippen molar-refractivity contribution in [2.45, 2.75) is 6.61 Å². The van der Waals surface area contributed by atoms with Crippen molar-refractivity contribution in [1.29, 1.82) is 0 Å². The number of amides is 1. The van der Waals surface area contributed by atoms with Crippen LogP contribution in [0, 0.1) is 5.82 Å². The molecule has 9 heteroatoms. The van der Waals surface area contributed by atoms with Crippen LogP contribution < -0.4 is 13.8 Å². The minimum Gasteiger partial charge on any atom is -0.487 e. The van der Waals surface area contributed by atoms with Crippen molar-refractivity contribution < 1.29 is 18.1 Å². The lowest BCUT2D eigenvalue weighted by Crippen LogP contribution is -2.24. The number of carbonyl (C=O) groups is 1. The Labute approximate surface area is 203 Å². The largest absolute Gasteiger partial charge is 0.487 e. The van der Waals surface area contributed by atoms with E-state index in [9.17, 15) is 9.00 Å². The van der Waals surface area contributed by atoms with Gasteiger partial charge in [-0.1, -0.05) is 67.1 Å². The molecule has 6 nitrogen and oxygen atoms in total. The molecule has 0 aromatic heterocycles. The van der Waals surface area contributed by atoms with Gasteiger partial charge in [0.1, 0.15) is 24.6 Å². The number of nitrogens with one attached hydrogen (secondary N) is 1. The van der Waals surface area contributed by atoms with Crippen LogP contribution in [-0.4, -0.2) is 34.1 Å². The van der Waals surface area contributed by atoms with Gasteiger partial charge in [-0.25, -0.2) is 12.9 Å². The molecule has 0 radical (unpaired) electrons. The molecule has 2 heterocycles. The molecule has 0 aliphatic carbocycles. The normalized spacial score (nSPS) is 18.3. The van der Waals surface area contributed by atoms with Crippen molar-refractivity contribution >= 4 is 51.1 Å². The Morgan fingerprint density at radius 2 is 2.00 bits per heavy atom. The number of fused-ring (bicyclic) bond motifs is 1. The molecule has 3 aromatic rings. The standard InChI is InChI=1S/C25H22FN3O3S2/c1-2-33-28-11-10-20(14-28)18-8-9-19-13-22(32-16-17-6-4-3-5-7-17)25(24(26)21(19)12-18)29-15-23(30)27-34(29)31/h2-10,12-13H,1,11,14-16H2,(H,27,30). The summed E-state index contributed by atoms with van der Waals surface area (Å²) in [6.07, 6.45) is 2.12. The lowest BCUT2D eigenvalue weighted by molar-refractivity contribution is -0.117. The molecule has 34 heavy (non-hydrogen) atoms. The van der Waals surface area contributed by atoms with Gasteiger partial charge in [0.05, 0.1) is 0 Å². The number of halogens is 1. The maximum atomic E-state index is 16.0. The predicted molar refractivity (Wildman–Crippen MR) is 136 cm³/mol. The molecular formula is C25H22FN3O3S2. The Morgan fingerprint density at radius 1 is 1.18 bits per heavy atom. The maximum absolute atomic E-state index is 16.0. The predicted octanol–water partition coefficient (Wildman–Crippen LogP) is 4.56. The Balaban J connectivity index is 1.55. The first kappa shape index (κ1) is 22.6. The summed E-state index contributed by atoms with van der Waals surface area (Å²) in [4.78, 5) is 11.9. The van der Waals surface area contributed by atoms with Gasteiger partial charge in [-0.15, -0.1) is 0 Å². The number of nitrogens with zero attached hydrogens (tertiary/aromatic N) is 2. The summed E-state index contributed by atoms with van der Waals surface area (Å²) < 4.78 is 40.2. The summed E-state index contributed by atoms with van der Waals surface area (Å²) in [6, 6.07) is 16.9. The number of anilines is 1. The zero-order chi connectivity index (χ0) is 23.7. The van der Waals surface area contributed by atoms with Gasteiger partial charge in [-0.3, -0.25) is 13.8 Å². The third kappa shape index (κ3) is 4.46. The highest BCUT2D eigenvalue weighted by Crippen LogP contribution is 2.40. The third-order valence-electron chi connectivity index (χ3n) is 5.68. The molecule has 1 N–H and O–H groups in total. The first-order valence-corrected chi connectivity index (χ1v) is 12.6. The number of hydrogen-bond acceptors (Lipinski definition) is 5. The SMILES string of the molecule is C=CSN1CC=C(c2ccc3cc(OCc4ccccc4)c(N4CC(=O)NS4=O)c(F)c3c2)C1. The molecule has 1 unspecified atom stereocenters. The van der Waals surface area contributed by atoms with Gasteiger partial charge in [0, 0.05) is 18.5 Å². The highest BCUT2D eigenvalue weighted by atomic mass is 32.2. The van der Waals surface area contributed by atoms with Gasteiger partial charge >= 0.3 is 0 Å². The van der Waals surface area contributed by atoms with Gasteiger partial charge in [-0.2, -0.15) is 0 Å². The van der Waals surface area contributed by atoms with Crippen LogP contribution in [0.5, 0.6) is 5.75 Å². The third-order valence-corrected chi connectivity index (χ3v) is 7.51. The summed E-state index contributed by atoms with van der Waals surface area (Å²) in [7, 11) is 0. The van der Waals surface area contributed by atoms with Gasteiger partial charge in [0.2, 0.25) is 11.2 Å². The number of carbonyl (C=O) groups excluding carboxylic acids is 1. The lowest BCUT2D eigenvalue weighted by atomic mass is 10.0. The molecule has 1 fully saturated rings. The Morgan fingerprint density at radius 3 is 2.74 bits per heavy atom. The molecule has 174 valence electrons. The van der Waals surface area contributed by atoms with Crippen molar-refractivity contribution in [1.82, 2.24) is 9.03 Å². The molecule has 2 aliphatic heterocycles. The minimum absolute atomic E-state index is 0.0153. The van der Waals surface area contributed by atoms with Crippen molar-refractivity contribution in [3.8, 4) is 5.75 Å². The minimum atomic E-state index is -1.88. The van der Waals surface area contributed by atoms with Crippen LogP contribution in [0.4, 0.5) is 10.1 Å². The molecule has 0 bridgehead atoms. The van der Waals surface area contributed by atoms with Gasteiger partial charge < -0.3 is 4.74 Å². The number of benzene rings is 3. The highest BCUT2D eigenvalue weighted by Gasteiger charge is 2.33. The van der Waals surface area contributed by atoms with E-state index in [4.69, 9.17) is 4.74 Å². The van der Waals surface area contributed by atoms with Crippen LogP contribution in [0.2, 0.25) is 0 Å². The summed E-state index contributed by atoms with van der Waals surface area (Å²) in [5, 5.41) is 2.82. The van der Waals surface area contributed by atoms with Crippen LogP contribution in [0.3, 0.4) is 0 Å².